The number of hydrogen-bond donors (Lipinski definition) is 3. The lowest BCUT2D eigenvalue weighted by Crippen LogP contribution is -2.15. The Morgan fingerprint density at radius 2 is 1.95 bits per heavy atom. The number of amides is 1. The molecular weight excluding hydrogens is 244 g/mol. The maximum atomic E-state index is 11.8. The van der Waals surface area contributed by atoms with Gasteiger partial charge in [-0.25, -0.2) is 15.8 Å². The van der Waals surface area contributed by atoms with Crippen molar-refractivity contribution in [3.8, 4) is 6.07 Å². The standard InChI is InChI=1S/C12H10N6O/c13-5-8-1-3-9(4-2-8)17-12(19)10-6-16-11(18-14)7-15-10/h1-4,6-7H,14H2,(H,16,18)(H,17,19). The van der Waals surface area contributed by atoms with Crippen LogP contribution < -0.4 is 16.6 Å². The summed E-state index contributed by atoms with van der Waals surface area (Å²) in [5.74, 6) is 5.13. The van der Waals surface area contributed by atoms with Crippen LogP contribution in [0.5, 0.6) is 0 Å². The Morgan fingerprint density at radius 3 is 2.47 bits per heavy atom. The summed E-state index contributed by atoms with van der Waals surface area (Å²) in [4.78, 5) is 19.6. The molecule has 1 aromatic carbocycles. The number of carbonyl (C=O) groups excluding carboxylic acids is 1. The van der Waals surface area contributed by atoms with E-state index in [0.29, 0.717) is 17.1 Å². The quantitative estimate of drug-likeness (QED) is 0.553. The van der Waals surface area contributed by atoms with Gasteiger partial charge in [-0.05, 0) is 24.3 Å². The molecule has 0 aliphatic carbocycles. The van der Waals surface area contributed by atoms with Crippen LogP contribution in [0.3, 0.4) is 0 Å². The molecule has 0 spiro atoms. The van der Waals surface area contributed by atoms with Gasteiger partial charge in [0.1, 0.15) is 5.69 Å². The summed E-state index contributed by atoms with van der Waals surface area (Å²) >= 11 is 0. The second-order valence-electron chi connectivity index (χ2n) is 3.57. The molecule has 0 fully saturated rings. The number of rotatable bonds is 3. The van der Waals surface area contributed by atoms with Crippen molar-refractivity contribution in [1.82, 2.24) is 9.97 Å². The van der Waals surface area contributed by atoms with Crippen LogP contribution >= 0.6 is 0 Å². The molecule has 4 N–H and O–H groups in total. The number of nitrogens with two attached hydrogens (primary N) is 1. The zero-order valence-corrected chi connectivity index (χ0v) is 9.79. The maximum Gasteiger partial charge on any atom is 0.275 e. The van der Waals surface area contributed by atoms with Crippen LogP contribution in [0, 0.1) is 11.3 Å². The van der Waals surface area contributed by atoms with Gasteiger partial charge in [-0.2, -0.15) is 5.26 Å². The molecule has 2 aromatic rings. The van der Waals surface area contributed by atoms with Crippen LogP contribution in [0.4, 0.5) is 11.5 Å². The van der Waals surface area contributed by atoms with E-state index >= 15 is 0 Å². The van der Waals surface area contributed by atoms with Crippen molar-refractivity contribution in [2.45, 2.75) is 0 Å². The Morgan fingerprint density at radius 1 is 1.21 bits per heavy atom. The Balaban J connectivity index is 2.09. The van der Waals surface area contributed by atoms with Crippen LogP contribution in [-0.2, 0) is 0 Å². The number of carbonyl (C=O) groups is 1. The van der Waals surface area contributed by atoms with E-state index in [1.807, 2.05) is 6.07 Å². The number of nitrogens with zero attached hydrogens (tertiary/aromatic N) is 3. The highest BCUT2D eigenvalue weighted by Crippen LogP contribution is 2.10. The van der Waals surface area contributed by atoms with E-state index in [0.717, 1.165) is 0 Å². The second-order valence-corrected chi connectivity index (χ2v) is 3.57. The lowest BCUT2D eigenvalue weighted by molar-refractivity contribution is 0.102. The molecule has 2 rings (SSSR count). The Hall–Kier alpha value is -2.98. The van der Waals surface area contributed by atoms with Gasteiger partial charge in [0, 0.05) is 5.69 Å². The van der Waals surface area contributed by atoms with Gasteiger partial charge in [0.05, 0.1) is 24.0 Å². The summed E-state index contributed by atoms with van der Waals surface area (Å²) in [6.07, 6.45) is 2.67. The molecule has 0 aliphatic rings. The Bertz CT molecular complexity index is 614. The molecule has 7 heteroatoms. The summed E-state index contributed by atoms with van der Waals surface area (Å²) in [7, 11) is 0. The zero-order valence-electron chi connectivity index (χ0n) is 9.79. The summed E-state index contributed by atoms with van der Waals surface area (Å²) in [6, 6.07) is 8.50. The highest BCUT2D eigenvalue weighted by Gasteiger charge is 2.08. The third kappa shape index (κ3) is 3.02. The molecule has 1 aromatic heterocycles. The molecule has 1 heterocycles. The first kappa shape index (κ1) is 12.5. The average Bonchev–Trinajstić information content (AvgIpc) is 2.48. The van der Waals surface area contributed by atoms with E-state index in [4.69, 9.17) is 11.1 Å². The van der Waals surface area contributed by atoms with E-state index in [1.54, 1.807) is 24.3 Å². The molecule has 19 heavy (non-hydrogen) atoms. The van der Waals surface area contributed by atoms with Gasteiger partial charge < -0.3 is 10.7 Å². The monoisotopic (exact) mass is 254 g/mol. The number of hydrazine groups is 1. The fourth-order valence-corrected chi connectivity index (χ4v) is 1.34. The molecule has 94 valence electrons. The largest absolute Gasteiger partial charge is 0.321 e. The van der Waals surface area contributed by atoms with Gasteiger partial charge in [0.15, 0.2) is 5.82 Å². The minimum Gasteiger partial charge on any atom is -0.321 e. The van der Waals surface area contributed by atoms with E-state index in [2.05, 4.69) is 20.7 Å². The molecule has 0 atom stereocenters. The predicted octanol–water partition coefficient (Wildman–Crippen LogP) is 0.886. The van der Waals surface area contributed by atoms with Crippen molar-refractivity contribution in [1.29, 1.82) is 5.26 Å². The predicted molar refractivity (Wildman–Crippen MR) is 69.0 cm³/mol. The van der Waals surface area contributed by atoms with E-state index in [9.17, 15) is 4.79 Å². The zero-order chi connectivity index (χ0) is 13.7. The SMILES string of the molecule is N#Cc1ccc(NC(=O)c2cnc(NN)cn2)cc1. The molecule has 0 bridgehead atoms. The van der Waals surface area contributed by atoms with Crippen LogP contribution in [0.1, 0.15) is 16.1 Å². The molecular formula is C12H10N6O. The molecule has 0 radical (unpaired) electrons. The number of nitrogens with one attached hydrogen (secondary N) is 2. The summed E-state index contributed by atoms with van der Waals surface area (Å²) in [5.41, 5.74) is 3.59. The third-order valence-corrected chi connectivity index (χ3v) is 2.30. The first-order chi connectivity index (χ1) is 9.22. The van der Waals surface area contributed by atoms with Crippen molar-refractivity contribution >= 4 is 17.4 Å². The highest BCUT2D eigenvalue weighted by atomic mass is 16.1. The molecule has 0 saturated carbocycles. The van der Waals surface area contributed by atoms with Gasteiger partial charge in [-0.1, -0.05) is 0 Å². The third-order valence-electron chi connectivity index (χ3n) is 2.30. The lowest BCUT2D eigenvalue weighted by Gasteiger charge is -2.04. The minimum absolute atomic E-state index is 0.170. The molecule has 0 aliphatic heterocycles. The fraction of sp³-hybridized carbons (Fsp3) is 0. The van der Waals surface area contributed by atoms with Gasteiger partial charge in [0.2, 0.25) is 0 Å². The van der Waals surface area contributed by atoms with Crippen molar-refractivity contribution in [2.24, 2.45) is 5.84 Å². The first-order valence-corrected chi connectivity index (χ1v) is 5.33. The Labute approximate surface area is 109 Å². The van der Waals surface area contributed by atoms with Crippen LogP contribution in [0.2, 0.25) is 0 Å². The van der Waals surface area contributed by atoms with Gasteiger partial charge >= 0.3 is 0 Å². The molecule has 7 nitrogen and oxygen atoms in total. The molecule has 0 saturated heterocycles. The number of hydrogen-bond acceptors (Lipinski definition) is 6. The van der Waals surface area contributed by atoms with Gasteiger partial charge in [0.25, 0.3) is 5.91 Å². The normalized spacial score (nSPS) is 9.47. The van der Waals surface area contributed by atoms with Crippen LogP contribution in [0.15, 0.2) is 36.7 Å². The molecule has 0 unspecified atom stereocenters. The number of nitrogen functional groups attached to an aromatic ring is 1. The summed E-state index contributed by atoms with van der Waals surface area (Å²) < 4.78 is 0. The number of aromatic nitrogens is 2. The lowest BCUT2D eigenvalue weighted by atomic mass is 10.2. The van der Waals surface area contributed by atoms with Crippen molar-refractivity contribution < 1.29 is 4.79 Å². The van der Waals surface area contributed by atoms with E-state index in [-0.39, 0.29) is 11.6 Å². The number of anilines is 2. The smallest absolute Gasteiger partial charge is 0.275 e. The maximum absolute atomic E-state index is 11.8. The first-order valence-electron chi connectivity index (χ1n) is 5.33. The fourth-order valence-electron chi connectivity index (χ4n) is 1.34. The Kier molecular flexibility index (Phi) is 3.66. The van der Waals surface area contributed by atoms with Gasteiger partial charge in [-0.15, -0.1) is 0 Å². The molecule has 1 amide bonds. The topological polar surface area (TPSA) is 117 Å². The van der Waals surface area contributed by atoms with Crippen molar-refractivity contribution in [3.05, 3.63) is 47.9 Å². The average molecular weight is 254 g/mol. The number of benzene rings is 1. The summed E-state index contributed by atoms with van der Waals surface area (Å²) in [5, 5.41) is 11.3. The van der Waals surface area contributed by atoms with E-state index < -0.39 is 0 Å². The highest BCUT2D eigenvalue weighted by molar-refractivity contribution is 6.02. The summed E-state index contributed by atoms with van der Waals surface area (Å²) in [6.45, 7) is 0. The van der Waals surface area contributed by atoms with E-state index in [1.165, 1.54) is 12.4 Å². The minimum atomic E-state index is -0.388. The van der Waals surface area contributed by atoms with Gasteiger partial charge in [-0.3, -0.25) is 4.79 Å². The second kappa shape index (κ2) is 5.57. The van der Waals surface area contributed by atoms with Crippen LogP contribution in [0.25, 0.3) is 0 Å². The van der Waals surface area contributed by atoms with Crippen molar-refractivity contribution in [3.63, 3.8) is 0 Å². The number of nitriles is 1. The van der Waals surface area contributed by atoms with Crippen LogP contribution in [-0.4, -0.2) is 15.9 Å². The van der Waals surface area contributed by atoms with Crippen molar-refractivity contribution in [2.75, 3.05) is 10.7 Å².